The van der Waals surface area contributed by atoms with Gasteiger partial charge in [-0.05, 0) is 53.6 Å². The van der Waals surface area contributed by atoms with Crippen LogP contribution in [-0.4, -0.2) is 0 Å². The van der Waals surface area contributed by atoms with E-state index in [9.17, 15) is 0 Å². The summed E-state index contributed by atoms with van der Waals surface area (Å²) in [6.07, 6.45) is 0. The molecular formula is C18H20BrCl. The molecule has 2 aromatic rings. The van der Waals surface area contributed by atoms with Crippen molar-refractivity contribution in [3.8, 4) is 0 Å². The number of hydrogen-bond donors (Lipinski definition) is 0. The third-order valence-electron chi connectivity index (χ3n) is 3.72. The Morgan fingerprint density at radius 2 is 1.45 bits per heavy atom. The number of hydrogen-bond acceptors (Lipinski definition) is 0. The molecule has 0 aliphatic heterocycles. The molecule has 2 aromatic carbocycles. The zero-order chi connectivity index (χ0) is 14.9. The van der Waals surface area contributed by atoms with Crippen LogP contribution in [0.2, 0.25) is 0 Å². The van der Waals surface area contributed by atoms with Crippen molar-refractivity contribution in [1.82, 2.24) is 0 Å². The van der Waals surface area contributed by atoms with E-state index in [0.29, 0.717) is 5.92 Å². The van der Waals surface area contributed by atoms with Gasteiger partial charge in [0.05, 0.1) is 5.38 Å². The molecule has 0 aliphatic carbocycles. The molecule has 0 aromatic heterocycles. The van der Waals surface area contributed by atoms with Crippen LogP contribution in [0.25, 0.3) is 0 Å². The standard InChI is InChI=1S/C18H20BrCl/c1-11(2)14-5-7-15(8-6-14)18(20)16-9-13(4)17(19)10-12(16)3/h5-11,18H,1-4H3. The van der Waals surface area contributed by atoms with E-state index in [2.05, 4.69) is 80.0 Å². The molecule has 0 saturated carbocycles. The van der Waals surface area contributed by atoms with E-state index in [-0.39, 0.29) is 5.38 Å². The Morgan fingerprint density at radius 3 is 2.00 bits per heavy atom. The highest BCUT2D eigenvalue weighted by Gasteiger charge is 2.15. The predicted octanol–water partition coefficient (Wildman–Crippen LogP) is 6.52. The fourth-order valence-electron chi connectivity index (χ4n) is 2.31. The number of benzene rings is 2. The molecule has 20 heavy (non-hydrogen) atoms. The fraction of sp³-hybridized carbons (Fsp3) is 0.333. The van der Waals surface area contributed by atoms with E-state index in [1.54, 1.807) is 0 Å². The zero-order valence-corrected chi connectivity index (χ0v) is 14.7. The highest BCUT2D eigenvalue weighted by molar-refractivity contribution is 9.10. The molecule has 0 nitrogen and oxygen atoms in total. The Hall–Kier alpha value is -0.790. The molecule has 0 radical (unpaired) electrons. The molecule has 2 heteroatoms. The molecule has 0 heterocycles. The van der Waals surface area contributed by atoms with Gasteiger partial charge in [0.25, 0.3) is 0 Å². The molecule has 0 bridgehead atoms. The molecule has 2 rings (SSSR count). The first-order chi connectivity index (χ1) is 9.40. The van der Waals surface area contributed by atoms with Gasteiger partial charge in [0.1, 0.15) is 0 Å². The molecule has 1 unspecified atom stereocenters. The van der Waals surface area contributed by atoms with E-state index in [0.717, 1.165) is 10.0 Å². The van der Waals surface area contributed by atoms with Crippen molar-refractivity contribution in [2.75, 3.05) is 0 Å². The largest absolute Gasteiger partial charge is 0.113 e. The van der Waals surface area contributed by atoms with Crippen LogP contribution < -0.4 is 0 Å². The smallest absolute Gasteiger partial charge is 0.0838 e. The van der Waals surface area contributed by atoms with Crippen molar-refractivity contribution in [1.29, 1.82) is 0 Å². The third-order valence-corrected chi connectivity index (χ3v) is 5.06. The molecule has 0 amide bonds. The number of alkyl halides is 1. The summed E-state index contributed by atoms with van der Waals surface area (Å²) in [5.41, 5.74) is 6.12. The zero-order valence-electron chi connectivity index (χ0n) is 12.4. The maximum atomic E-state index is 6.68. The van der Waals surface area contributed by atoms with Crippen LogP contribution in [0, 0.1) is 13.8 Å². The molecule has 0 spiro atoms. The Morgan fingerprint density at radius 1 is 0.900 bits per heavy atom. The van der Waals surface area contributed by atoms with Crippen LogP contribution in [0.3, 0.4) is 0 Å². The minimum Gasteiger partial charge on any atom is -0.113 e. The maximum Gasteiger partial charge on any atom is 0.0838 e. The SMILES string of the molecule is Cc1cc(C(Cl)c2ccc(C(C)C)cc2)c(C)cc1Br. The van der Waals surface area contributed by atoms with Crippen molar-refractivity contribution < 1.29 is 0 Å². The molecule has 1 atom stereocenters. The Bertz CT molecular complexity index is 600. The molecule has 0 aliphatic rings. The van der Waals surface area contributed by atoms with E-state index in [1.807, 2.05) is 0 Å². The number of halogens is 2. The minimum atomic E-state index is -0.0944. The van der Waals surface area contributed by atoms with Crippen molar-refractivity contribution in [2.45, 2.75) is 39.0 Å². The first-order valence-electron chi connectivity index (χ1n) is 6.90. The Labute approximate surface area is 135 Å². The number of aryl methyl sites for hydroxylation is 2. The summed E-state index contributed by atoms with van der Waals surface area (Å²) in [5, 5.41) is -0.0944. The van der Waals surface area contributed by atoms with Gasteiger partial charge in [-0.3, -0.25) is 0 Å². The third kappa shape index (κ3) is 3.27. The van der Waals surface area contributed by atoms with Crippen molar-refractivity contribution in [3.05, 3.63) is 68.7 Å². The van der Waals surface area contributed by atoms with Crippen molar-refractivity contribution in [3.63, 3.8) is 0 Å². The summed E-state index contributed by atoms with van der Waals surface area (Å²) in [6.45, 7) is 8.61. The highest BCUT2D eigenvalue weighted by atomic mass is 79.9. The van der Waals surface area contributed by atoms with Crippen LogP contribution in [-0.2, 0) is 0 Å². The lowest BCUT2D eigenvalue weighted by Crippen LogP contribution is -1.98. The van der Waals surface area contributed by atoms with Gasteiger partial charge in [-0.25, -0.2) is 0 Å². The van der Waals surface area contributed by atoms with E-state index >= 15 is 0 Å². The summed E-state index contributed by atoms with van der Waals surface area (Å²) in [6, 6.07) is 13.0. The van der Waals surface area contributed by atoms with Gasteiger partial charge in [-0.1, -0.05) is 60.1 Å². The lowest BCUT2D eigenvalue weighted by atomic mass is 9.95. The lowest BCUT2D eigenvalue weighted by molar-refractivity contribution is 0.865. The predicted molar refractivity (Wildman–Crippen MR) is 91.8 cm³/mol. The van der Waals surface area contributed by atoms with Gasteiger partial charge >= 0.3 is 0 Å². The molecule has 0 N–H and O–H groups in total. The van der Waals surface area contributed by atoms with Crippen molar-refractivity contribution in [2.24, 2.45) is 0 Å². The van der Waals surface area contributed by atoms with E-state index in [1.165, 1.54) is 22.3 Å². The first kappa shape index (κ1) is 15.6. The van der Waals surface area contributed by atoms with Gasteiger partial charge in [-0.15, -0.1) is 11.6 Å². The van der Waals surface area contributed by atoms with Gasteiger partial charge in [0, 0.05) is 4.47 Å². The second kappa shape index (κ2) is 6.32. The average molecular weight is 352 g/mol. The second-order valence-electron chi connectivity index (χ2n) is 5.64. The second-order valence-corrected chi connectivity index (χ2v) is 6.93. The van der Waals surface area contributed by atoms with E-state index < -0.39 is 0 Å². The Balaban J connectivity index is 2.36. The lowest BCUT2D eigenvalue weighted by Gasteiger charge is -2.16. The summed E-state index contributed by atoms with van der Waals surface area (Å²) in [7, 11) is 0. The maximum absolute atomic E-state index is 6.68. The summed E-state index contributed by atoms with van der Waals surface area (Å²) in [5.74, 6) is 0.550. The number of rotatable bonds is 3. The van der Waals surface area contributed by atoms with Gasteiger partial charge < -0.3 is 0 Å². The van der Waals surface area contributed by atoms with E-state index in [4.69, 9.17) is 11.6 Å². The van der Waals surface area contributed by atoms with Gasteiger partial charge in [-0.2, -0.15) is 0 Å². The van der Waals surface area contributed by atoms with Gasteiger partial charge in [0.2, 0.25) is 0 Å². The quantitative estimate of drug-likeness (QED) is 0.552. The van der Waals surface area contributed by atoms with Crippen LogP contribution in [0.1, 0.15) is 53.0 Å². The Kier molecular flexibility index (Phi) is 4.93. The summed E-state index contributed by atoms with van der Waals surface area (Å²) >= 11 is 10.2. The minimum absolute atomic E-state index is 0.0944. The first-order valence-corrected chi connectivity index (χ1v) is 8.13. The normalized spacial score (nSPS) is 12.8. The van der Waals surface area contributed by atoms with Crippen LogP contribution in [0.5, 0.6) is 0 Å². The average Bonchev–Trinajstić information content (AvgIpc) is 2.42. The highest BCUT2D eigenvalue weighted by Crippen LogP contribution is 2.34. The molecule has 106 valence electrons. The topological polar surface area (TPSA) is 0 Å². The molecule has 0 fully saturated rings. The van der Waals surface area contributed by atoms with Gasteiger partial charge in [0.15, 0.2) is 0 Å². The molecular weight excluding hydrogens is 332 g/mol. The monoisotopic (exact) mass is 350 g/mol. The molecule has 0 saturated heterocycles. The summed E-state index contributed by atoms with van der Waals surface area (Å²) in [4.78, 5) is 0. The summed E-state index contributed by atoms with van der Waals surface area (Å²) < 4.78 is 1.14. The fourth-order valence-corrected chi connectivity index (χ4v) is 3.14. The van der Waals surface area contributed by atoms with Crippen molar-refractivity contribution >= 4 is 27.5 Å². The van der Waals surface area contributed by atoms with Crippen LogP contribution in [0.4, 0.5) is 0 Å². The van der Waals surface area contributed by atoms with Crippen LogP contribution in [0.15, 0.2) is 40.9 Å². The van der Waals surface area contributed by atoms with Crippen LogP contribution >= 0.6 is 27.5 Å².